The second-order valence-corrected chi connectivity index (χ2v) is 5.44. The molecule has 1 aromatic rings. The highest BCUT2D eigenvalue weighted by atomic mass is 16.4. The van der Waals surface area contributed by atoms with Crippen molar-refractivity contribution < 1.29 is 14.7 Å². The van der Waals surface area contributed by atoms with Gasteiger partial charge in [-0.25, -0.2) is 4.79 Å². The van der Waals surface area contributed by atoms with E-state index >= 15 is 0 Å². The first-order valence-electron chi connectivity index (χ1n) is 6.77. The van der Waals surface area contributed by atoms with E-state index < -0.39 is 5.97 Å². The topological polar surface area (TPSA) is 96.3 Å². The van der Waals surface area contributed by atoms with Gasteiger partial charge in [0, 0.05) is 12.2 Å². The number of urea groups is 1. The highest BCUT2D eigenvalue weighted by molar-refractivity contribution is 5.89. The molecule has 1 saturated carbocycles. The van der Waals surface area contributed by atoms with E-state index in [2.05, 4.69) is 29.6 Å². The van der Waals surface area contributed by atoms with Crippen molar-refractivity contribution in [2.24, 2.45) is 11.8 Å². The largest absolute Gasteiger partial charge is 0.480 e. The molecular weight excluding hydrogens is 260 g/mol. The molecule has 1 aromatic heterocycles. The molecule has 3 N–H and O–H groups in total. The van der Waals surface area contributed by atoms with Gasteiger partial charge in [-0.1, -0.05) is 13.8 Å². The summed E-state index contributed by atoms with van der Waals surface area (Å²) in [6.07, 6.45) is 5.05. The number of anilines is 1. The molecule has 1 heterocycles. The fraction of sp³-hybridized carbons (Fsp3) is 0.615. The van der Waals surface area contributed by atoms with Gasteiger partial charge in [0.1, 0.15) is 6.54 Å². The van der Waals surface area contributed by atoms with Gasteiger partial charge in [0.2, 0.25) is 0 Å². The normalized spacial score (nSPS) is 25.4. The molecule has 0 aliphatic heterocycles. The summed E-state index contributed by atoms with van der Waals surface area (Å²) in [6.45, 7) is 4.12. The summed E-state index contributed by atoms with van der Waals surface area (Å²) in [5.41, 5.74) is 0.488. The second kappa shape index (κ2) is 5.94. The number of carboxylic acid groups (broad SMARTS) is 1. The second-order valence-electron chi connectivity index (χ2n) is 5.44. The fourth-order valence-electron chi connectivity index (χ4n) is 2.56. The number of aromatic nitrogens is 2. The van der Waals surface area contributed by atoms with Crippen LogP contribution in [0.25, 0.3) is 0 Å². The van der Waals surface area contributed by atoms with Crippen LogP contribution >= 0.6 is 0 Å². The number of nitrogens with one attached hydrogen (secondary N) is 2. The van der Waals surface area contributed by atoms with Gasteiger partial charge >= 0.3 is 12.0 Å². The first kappa shape index (κ1) is 14.4. The minimum atomic E-state index is -0.974. The molecule has 2 rings (SSSR count). The van der Waals surface area contributed by atoms with Gasteiger partial charge in [0.15, 0.2) is 0 Å². The van der Waals surface area contributed by atoms with Crippen molar-refractivity contribution in [3.63, 3.8) is 0 Å². The van der Waals surface area contributed by atoms with Crippen LogP contribution in [0, 0.1) is 11.8 Å². The lowest BCUT2D eigenvalue weighted by Crippen LogP contribution is -2.39. The maximum Gasteiger partial charge on any atom is 0.325 e. The molecule has 7 heteroatoms. The lowest BCUT2D eigenvalue weighted by atomic mass is 9.98. The molecule has 1 aliphatic carbocycles. The van der Waals surface area contributed by atoms with Crippen molar-refractivity contribution in [1.29, 1.82) is 0 Å². The molecule has 0 bridgehead atoms. The van der Waals surface area contributed by atoms with Gasteiger partial charge in [-0.05, 0) is 24.7 Å². The van der Waals surface area contributed by atoms with Gasteiger partial charge in [0.25, 0.3) is 0 Å². The van der Waals surface area contributed by atoms with Crippen molar-refractivity contribution in [2.75, 3.05) is 5.32 Å². The van der Waals surface area contributed by atoms with Gasteiger partial charge < -0.3 is 15.7 Å². The molecule has 0 spiro atoms. The van der Waals surface area contributed by atoms with Crippen LogP contribution in [0.2, 0.25) is 0 Å². The molecule has 3 unspecified atom stereocenters. The Morgan fingerprint density at radius 2 is 2.20 bits per heavy atom. The van der Waals surface area contributed by atoms with Crippen LogP contribution in [0.1, 0.15) is 26.7 Å². The predicted molar refractivity (Wildman–Crippen MR) is 73.4 cm³/mol. The Labute approximate surface area is 117 Å². The number of carbonyl (C=O) groups excluding carboxylic acids is 1. The molecule has 110 valence electrons. The minimum absolute atomic E-state index is 0.194. The molecule has 0 saturated heterocycles. The highest BCUT2D eigenvalue weighted by Crippen LogP contribution is 2.31. The molecule has 0 radical (unpaired) electrons. The van der Waals surface area contributed by atoms with Gasteiger partial charge in [-0.15, -0.1) is 0 Å². The Morgan fingerprint density at radius 1 is 1.45 bits per heavy atom. The number of amides is 2. The maximum absolute atomic E-state index is 11.9. The van der Waals surface area contributed by atoms with E-state index in [1.165, 1.54) is 17.1 Å². The van der Waals surface area contributed by atoms with E-state index in [4.69, 9.17) is 5.11 Å². The third-order valence-corrected chi connectivity index (χ3v) is 3.97. The summed E-state index contributed by atoms with van der Waals surface area (Å²) in [4.78, 5) is 22.4. The Morgan fingerprint density at radius 3 is 2.80 bits per heavy atom. The molecule has 7 nitrogen and oxygen atoms in total. The fourth-order valence-corrected chi connectivity index (χ4v) is 2.56. The third-order valence-electron chi connectivity index (χ3n) is 3.97. The lowest BCUT2D eigenvalue weighted by molar-refractivity contribution is -0.137. The van der Waals surface area contributed by atoms with E-state index in [-0.39, 0.29) is 18.6 Å². The monoisotopic (exact) mass is 280 g/mol. The zero-order valence-electron chi connectivity index (χ0n) is 11.7. The summed E-state index contributed by atoms with van der Waals surface area (Å²) < 4.78 is 1.26. The number of carboxylic acids is 1. The van der Waals surface area contributed by atoms with Crippen LogP contribution < -0.4 is 10.6 Å². The molecule has 20 heavy (non-hydrogen) atoms. The Hall–Kier alpha value is -2.05. The third kappa shape index (κ3) is 3.49. The van der Waals surface area contributed by atoms with Crippen molar-refractivity contribution in [2.45, 2.75) is 39.3 Å². The zero-order valence-corrected chi connectivity index (χ0v) is 11.7. The molecule has 2 amide bonds. The van der Waals surface area contributed by atoms with E-state index in [9.17, 15) is 9.59 Å². The van der Waals surface area contributed by atoms with Crippen LogP contribution in [-0.2, 0) is 11.3 Å². The number of aliphatic carboxylic acids is 1. The van der Waals surface area contributed by atoms with Crippen molar-refractivity contribution in [1.82, 2.24) is 15.1 Å². The average Bonchev–Trinajstić information content (AvgIpc) is 2.90. The van der Waals surface area contributed by atoms with Gasteiger partial charge in [0.05, 0.1) is 11.9 Å². The van der Waals surface area contributed by atoms with Crippen LogP contribution in [0.15, 0.2) is 12.4 Å². The Balaban J connectivity index is 1.85. The summed E-state index contributed by atoms with van der Waals surface area (Å²) >= 11 is 0. The average molecular weight is 280 g/mol. The number of rotatable bonds is 4. The summed E-state index contributed by atoms with van der Waals surface area (Å²) in [5, 5.41) is 18.1. The van der Waals surface area contributed by atoms with Crippen LogP contribution in [0.4, 0.5) is 10.5 Å². The predicted octanol–water partition coefficient (Wildman–Crippen LogP) is 1.52. The Kier molecular flexibility index (Phi) is 4.26. The molecule has 1 aliphatic rings. The standard InChI is InChI=1S/C13H20N4O3/c1-8-3-4-11(9(8)2)16-13(20)15-10-5-14-17(6-10)7-12(18)19/h5-6,8-9,11H,3-4,7H2,1-2H3,(H,18,19)(H2,15,16,20). The first-order valence-corrected chi connectivity index (χ1v) is 6.77. The van der Waals surface area contributed by atoms with Crippen LogP contribution in [0.3, 0.4) is 0 Å². The van der Waals surface area contributed by atoms with E-state index in [0.29, 0.717) is 17.5 Å². The summed E-state index contributed by atoms with van der Waals surface area (Å²) in [5.74, 6) is 0.118. The highest BCUT2D eigenvalue weighted by Gasteiger charge is 2.30. The van der Waals surface area contributed by atoms with E-state index in [1.54, 1.807) is 0 Å². The lowest BCUT2D eigenvalue weighted by Gasteiger charge is -2.19. The number of hydrogen-bond donors (Lipinski definition) is 3. The van der Waals surface area contributed by atoms with E-state index in [0.717, 1.165) is 12.8 Å². The number of nitrogens with zero attached hydrogens (tertiary/aromatic N) is 2. The molecule has 3 atom stereocenters. The Bertz CT molecular complexity index is 500. The quantitative estimate of drug-likeness (QED) is 0.779. The van der Waals surface area contributed by atoms with Crippen molar-refractivity contribution in [3.8, 4) is 0 Å². The smallest absolute Gasteiger partial charge is 0.325 e. The molecule has 0 aromatic carbocycles. The molecular formula is C13H20N4O3. The number of hydrogen-bond acceptors (Lipinski definition) is 3. The SMILES string of the molecule is CC1CCC(NC(=O)Nc2cnn(CC(=O)O)c2)C1C. The van der Waals surface area contributed by atoms with Gasteiger partial charge in [-0.2, -0.15) is 5.10 Å². The van der Waals surface area contributed by atoms with Crippen molar-refractivity contribution >= 4 is 17.7 Å². The van der Waals surface area contributed by atoms with Crippen molar-refractivity contribution in [3.05, 3.63) is 12.4 Å². The van der Waals surface area contributed by atoms with Crippen LogP contribution in [0.5, 0.6) is 0 Å². The zero-order chi connectivity index (χ0) is 14.7. The summed E-state index contributed by atoms with van der Waals surface area (Å²) in [7, 11) is 0. The summed E-state index contributed by atoms with van der Waals surface area (Å²) in [6, 6.07) is -0.0788. The van der Waals surface area contributed by atoms with E-state index in [1.807, 2.05) is 0 Å². The molecule has 1 fully saturated rings. The first-order chi connectivity index (χ1) is 9.45. The van der Waals surface area contributed by atoms with Gasteiger partial charge in [-0.3, -0.25) is 9.48 Å². The minimum Gasteiger partial charge on any atom is -0.480 e. The van der Waals surface area contributed by atoms with Crippen LogP contribution in [-0.4, -0.2) is 32.9 Å². The maximum atomic E-state index is 11.9. The number of carbonyl (C=O) groups is 2.